The van der Waals surface area contributed by atoms with Crippen LogP contribution in [0.4, 0.5) is 0 Å². The van der Waals surface area contributed by atoms with E-state index >= 15 is 4.79 Å². The first-order chi connectivity index (χ1) is 41.9. The third-order valence-corrected chi connectivity index (χ3v) is 41.9. The number of allylic oxidation sites excluding steroid dienone is 1. The van der Waals surface area contributed by atoms with Gasteiger partial charge < -0.3 is 46.5 Å². The van der Waals surface area contributed by atoms with Crippen molar-refractivity contribution in [1.29, 1.82) is 0 Å². The highest BCUT2D eigenvalue weighted by Crippen LogP contribution is 2.48. The lowest BCUT2D eigenvalue weighted by molar-refractivity contribution is -0.347. The first-order valence-electron chi connectivity index (χ1n) is 35.6. The second-order valence-electron chi connectivity index (χ2n) is 34.9. The van der Waals surface area contributed by atoms with Gasteiger partial charge in [0, 0.05) is 67.1 Å². The van der Waals surface area contributed by atoms with Gasteiger partial charge in [-0.15, -0.1) is 0 Å². The van der Waals surface area contributed by atoms with Crippen LogP contribution in [0.1, 0.15) is 209 Å². The highest BCUT2D eigenvalue weighted by atomic mass is 127. The van der Waals surface area contributed by atoms with E-state index in [-0.39, 0.29) is 74.0 Å². The van der Waals surface area contributed by atoms with Crippen LogP contribution in [0.3, 0.4) is 0 Å². The Hall–Kier alpha value is -1.08. The van der Waals surface area contributed by atoms with Crippen molar-refractivity contribution in [2.24, 2.45) is 53.3 Å². The first-order valence-corrected chi connectivity index (χ1v) is 48.4. The normalized spacial score (nSPS) is 25.2. The third kappa shape index (κ3) is 23.8. The lowest BCUT2D eigenvalue weighted by atomic mass is 9.76. The number of hydrogen-bond donors (Lipinski definition) is 1. The second kappa shape index (κ2) is 34.8. The molecule has 1 N–H and O–H groups in total. The van der Waals surface area contributed by atoms with Gasteiger partial charge in [-0.05, 0) is 158 Å². The summed E-state index contributed by atoms with van der Waals surface area (Å²) in [4.78, 5) is 29.9. The SMILES string of the molecule is CC[C@@H](/C=C/I)CC[C@@H]1O[C@]2(CC[C@H](C)[C@H](C[C@@H](C)O[Si](C)(C)C(C)(C)C)O2)C[C@H](OC(=O)/C=C/[C@H](C)[C@@H](O[Si](C)(C)C(C)(C)C)[C@H](C)C(=O)[C@H](C)[C@@H](O)[C@H](C)[C@H](OCc2ccc(OC)cc2)[C@@H](C)[C@@H](O[Si](C)(C)C(C)(C)C)[C@H](C)CCO[Si](C)(C)C(C)(C)C)[C@@H]1C. The van der Waals surface area contributed by atoms with E-state index in [1.807, 2.05) is 58.0 Å². The molecular weight excluding hydrogens is 1330 g/mol. The summed E-state index contributed by atoms with van der Waals surface area (Å²) >= 11 is 2.31. The third-order valence-electron chi connectivity index (χ3n) is 23.4. The van der Waals surface area contributed by atoms with E-state index in [0.717, 1.165) is 56.3 Å². The molecule has 0 amide bonds. The molecule has 1 aromatic carbocycles. The van der Waals surface area contributed by atoms with Crippen LogP contribution in [0.25, 0.3) is 0 Å². The lowest BCUT2D eigenvalue weighted by Gasteiger charge is -2.52. The number of Topliss-reactive ketones (excluding diaryl/α,β-unsaturated/α-hetero) is 1. The lowest BCUT2D eigenvalue weighted by Crippen LogP contribution is -2.57. The van der Waals surface area contributed by atoms with Crippen molar-refractivity contribution < 1.29 is 56.1 Å². The number of ether oxygens (including phenoxy) is 5. The van der Waals surface area contributed by atoms with E-state index in [1.54, 1.807) is 13.2 Å². The smallest absolute Gasteiger partial charge is 0.330 e. The zero-order valence-electron chi connectivity index (χ0n) is 64.3. The summed E-state index contributed by atoms with van der Waals surface area (Å²) in [5.41, 5.74) is 0.975. The summed E-state index contributed by atoms with van der Waals surface area (Å²) in [5.74, 6) is -2.44. The molecule has 1 aromatic rings. The van der Waals surface area contributed by atoms with E-state index in [1.165, 1.54) is 0 Å². The predicted molar refractivity (Wildman–Crippen MR) is 402 cm³/mol. The molecule has 0 bridgehead atoms. The number of aliphatic hydroxyl groups is 1. The minimum absolute atomic E-state index is 0.0170. The van der Waals surface area contributed by atoms with E-state index in [2.05, 4.69) is 210 Å². The zero-order valence-corrected chi connectivity index (χ0v) is 70.5. The molecule has 2 heterocycles. The molecule has 2 fully saturated rings. The maximum atomic E-state index is 15.4. The Morgan fingerprint density at radius 3 is 1.73 bits per heavy atom. The molecule has 12 nitrogen and oxygen atoms in total. The molecular formula is C75H139IO12Si4. The van der Waals surface area contributed by atoms with Gasteiger partial charge in [-0.25, -0.2) is 4.79 Å². The number of carbonyl (C=O) groups excluding carboxylic acids is 2. The minimum atomic E-state index is -2.54. The second-order valence-corrected chi connectivity index (χ2v) is 54.7. The van der Waals surface area contributed by atoms with Crippen molar-refractivity contribution in [2.75, 3.05) is 13.7 Å². The summed E-state index contributed by atoms with van der Waals surface area (Å²) in [6.45, 7) is 67.5. The Morgan fingerprint density at radius 2 is 1.22 bits per heavy atom. The van der Waals surface area contributed by atoms with E-state index in [9.17, 15) is 9.90 Å². The maximum Gasteiger partial charge on any atom is 0.330 e. The number of methoxy groups -OCH3 is 1. The highest BCUT2D eigenvalue weighted by molar-refractivity contribution is 14.1. The summed E-state index contributed by atoms with van der Waals surface area (Å²) in [6.07, 6.45) is 9.04. The van der Waals surface area contributed by atoms with Crippen molar-refractivity contribution in [2.45, 2.75) is 337 Å². The number of carbonyl (C=O) groups is 2. The van der Waals surface area contributed by atoms with Gasteiger partial charge >= 0.3 is 5.97 Å². The van der Waals surface area contributed by atoms with Crippen molar-refractivity contribution in [3.63, 3.8) is 0 Å². The Morgan fingerprint density at radius 1 is 0.696 bits per heavy atom. The van der Waals surface area contributed by atoms with Crippen LogP contribution in [0, 0.1) is 53.3 Å². The van der Waals surface area contributed by atoms with Crippen LogP contribution in [-0.2, 0) is 52.8 Å². The van der Waals surface area contributed by atoms with Gasteiger partial charge in [0.1, 0.15) is 17.6 Å². The van der Waals surface area contributed by atoms with Crippen LogP contribution in [0.15, 0.2) is 46.6 Å². The Labute approximate surface area is 582 Å². The highest BCUT2D eigenvalue weighted by Gasteiger charge is 2.53. The summed E-state index contributed by atoms with van der Waals surface area (Å²) in [7, 11) is -7.28. The summed E-state index contributed by atoms with van der Waals surface area (Å²) < 4.78 is 64.3. The molecule has 0 unspecified atom stereocenters. The van der Waals surface area contributed by atoms with Crippen LogP contribution in [-0.4, -0.2) is 118 Å². The number of halogens is 1. The minimum Gasteiger partial charge on any atom is -0.497 e. The van der Waals surface area contributed by atoms with Gasteiger partial charge in [0.2, 0.25) is 0 Å². The Balaban J connectivity index is 2.05. The molecule has 0 saturated carbocycles. The number of aliphatic hydroxyl groups excluding tert-OH is 1. The molecule has 2 saturated heterocycles. The number of hydrogen-bond acceptors (Lipinski definition) is 12. The number of rotatable bonds is 34. The van der Waals surface area contributed by atoms with Gasteiger partial charge in [0.15, 0.2) is 39.1 Å². The van der Waals surface area contributed by atoms with Gasteiger partial charge in [-0.3, -0.25) is 4.79 Å². The fourth-order valence-electron chi connectivity index (χ4n) is 12.3. The molecule has 1 spiro atoms. The van der Waals surface area contributed by atoms with Crippen molar-refractivity contribution in [3.8, 4) is 5.75 Å². The molecule has 2 aliphatic rings. The first kappa shape index (κ1) is 85.1. The van der Waals surface area contributed by atoms with E-state index in [4.69, 9.17) is 41.4 Å². The molecule has 18 atom stereocenters. The Bertz CT molecular complexity index is 2460. The maximum absolute atomic E-state index is 15.4. The average molecular weight is 1470 g/mol. The molecule has 17 heteroatoms. The van der Waals surface area contributed by atoms with Gasteiger partial charge in [-0.1, -0.05) is 192 Å². The predicted octanol–water partition coefficient (Wildman–Crippen LogP) is 20.5. The summed E-state index contributed by atoms with van der Waals surface area (Å²) in [6, 6.07) is 7.91. The van der Waals surface area contributed by atoms with Crippen LogP contribution in [0.2, 0.25) is 72.5 Å². The standard InChI is InChI=1S/C75H139IO12Si4/c1-32-59(42-45-76)36-39-62-54(6)64(48-75(84-62)44-41-50(2)63(85-75)47-53(5)86-90(26,27)72(14,15)16)83-65(77)40-33-51(3)68(87-91(28,29)73(17,18)19)56(8)66(78)55(7)67(79)57(9)70(81-49-60-34-37-61(80-23)38-35-60)58(10)69(88-92(30,31)74(20,21)22)52(4)43-46-82-89(24,25)71(11,12)13/h33-35,37-38,40,42,45,50-59,62-64,67-70,79H,32,36,39,41,43-44,46-49H2,1-31H3/b40-33+,45-42+/t50-,51-,52+,53+,54+,55-,56+,57-,58-,59+,62-,63-,64-,67+,68+,69-,70-,75-/m0/s1. The average Bonchev–Trinajstić information content (AvgIpc) is 0.775. The molecule has 92 heavy (non-hydrogen) atoms. The molecule has 534 valence electrons. The number of benzene rings is 1. The Kier molecular flexibility index (Phi) is 32.2. The van der Waals surface area contributed by atoms with Gasteiger partial charge in [0.05, 0.1) is 50.3 Å². The van der Waals surface area contributed by atoms with Crippen molar-refractivity contribution in [1.82, 2.24) is 0 Å². The van der Waals surface area contributed by atoms with E-state index < -0.39 is 87.2 Å². The molecule has 2 aliphatic heterocycles. The van der Waals surface area contributed by atoms with Gasteiger partial charge in [0.25, 0.3) is 0 Å². The van der Waals surface area contributed by atoms with Gasteiger partial charge in [-0.2, -0.15) is 0 Å². The molecule has 0 aliphatic carbocycles. The number of ketones is 1. The van der Waals surface area contributed by atoms with Crippen molar-refractivity contribution in [3.05, 3.63) is 52.1 Å². The number of esters is 1. The van der Waals surface area contributed by atoms with E-state index in [0.29, 0.717) is 31.5 Å². The van der Waals surface area contributed by atoms with Crippen molar-refractivity contribution >= 4 is 67.6 Å². The van der Waals surface area contributed by atoms with Crippen LogP contribution < -0.4 is 4.74 Å². The monoisotopic (exact) mass is 1470 g/mol. The largest absolute Gasteiger partial charge is 0.497 e. The zero-order chi connectivity index (χ0) is 70.7. The topological polar surface area (TPSA) is 137 Å². The molecule has 0 radical (unpaired) electrons. The van der Waals surface area contributed by atoms with Crippen LogP contribution >= 0.6 is 22.6 Å². The fraction of sp³-hybridized carbons (Fsp3) is 0.840. The quantitative estimate of drug-likeness (QED) is 0.0304. The fourth-order valence-corrected chi connectivity index (χ4v) is 18.4. The summed E-state index contributed by atoms with van der Waals surface area (Å²) in [5, 5.41) is 12.8. The molecule has 3 rings (SSSR count). The molecule has 0 aromatic heterocycles. The van der Waals surface area contributed by atoms with Crippen LogP contribution in [0.5, 0.6) is 5.75 Å².